The van der Waals surface area contributed by atoms with Crippen LogP contribution in [-0.4, -0.2) is 46.1 Å². The number of likely N-dealkylation sites (N-methyl/N-ethyl adjacent to an activating group) is 1. The van der Waals surface area contributed by atoms with Gasteiger partial charge in [0, 0.05) is 33.0 Å². The number of hydrogen-bond acceptors (Lipinski definition) is 4. The van der Waals surface area contributed by atoms with Gasteiger partial charge in [0.15, 0.2) is 0 Å². The molecule has 1 rings (SSSR count). The summed E-state index contributed by atoms with van der Waals surface area (Å²) in [5.41, 5.74) is 1.88. The average molecular weight is 237 g/mol. The van der Waals surface area contributed by atoms with Crippen molar-refractivity contribution < 1.29 is 14.4 Å². The molecule has 0 aromatic heterocycles. The zero-order valence-electron chi connectivity index (χ0n) is 10.7. The summed E-state index contributed by atoms with van der Waals surface area (Å²) >= 11 is 0. The first kappa shape index (κ1) is 14.0. The monoisotopic (exact) mass is 237 g/mol. The van der Waals surface area contributed by atoms with Gasteiger partial charge in [-0.05, 0) is 24.5 Å². The first-order valence-corrected chi connectivity index (χ1v) is 5.77. The Morgan fingerprint density at radius 3 is 2.35 bits per heavy atom. The maximum Gasteiger partial charge on any atom is 0.490 e. The maximum atomic E-state index is 9.50. The fourth-order valence-electron chi connectivity index (χ4n) is 1.66. The van der Waals surface area contributed by atoms with Crippen LogP contribution in [0.5, 0.6) is 0 Å². The largest absolute Gasteiger partial charge is 0.490 e. The van der Waals surface area contributed by atoms with Gasteiger partial charge in [-0.2, -0.15) is 0 Å². The predicted octanol–water partition coefficient (Wildman–Crippen LogP) is 0.493. The molecule has 0 saturated heterocycles. The number of ether oxygens (including phenoxy) is 1. The third-order valence-electron chi connectivity index (χ3n) is 2.71. The van der Waals surface area contributed by atoms with Crippen molar-refractivity contribution in [3.8, 4) is 0 Å². The molecule has 0 saturated carbocycles. The van der Waals surface area contributed by atoms with Crippen LogP contribution in [0.2, 0.25) is 0 Å². The van der Waals surface area contributed by atoms with Gasteiger partial charge in [0.2, 0.25) is 0 Å². The van der Waals surface area contributed by atoms with Gasteiger partial charge >= 0.3 is 7.12 Å². The van der Waals surface area contributed by atoms with E-state index >= 15 is 0 Å². The van der Waals surface area contributed by atoms with Crippen molar-refractivity contribution in [3.05, 3.63) is 24.3 Å². The van der Waals surface area contributed by atoms with E-state index in [2.05, 4.69) is 11.8 Å². The van der Waals surface area contributed by atoms with E-state index in [-0.39, 0.29) is 0 Å². The molecule has 0 fully saturated rings. The summed E-state index contributed by atoms with van der Waals surface area (Å²) in [7, 11) is 2.33. The van der Waals surface area contributed by atoms with E-state index in [0.29, 0.717) is 6.61 Å². The van der Waals surface area contributed by atoms with Crippen molar-refractivity contribution in [3.63, 3.8) is 0 Å². The minimum atomic E-state index is -0.849. The van der Waals surface area contributed by atoms with Gasteiger partial charge in [0.05, 0.1) is 6.61 Å². The summed E-state index contributed by atoms with van der Waals surface area (Å²) in [5.74, 6) is 0. The summed E-state index contributed by atoms with van der Waals surface area (Å²) in [6, 6.07) is 7.71. The molecular formula is C12H20BNO3. The van der Waals surface area contributed by atoms with Crippen LogP contribution >= 0.6 is 0 Å². The molecule has 0 aliphatic rings. The van der Waals surface area contributed by atoms with Gasteiger partial charge in [-0.25, -0.2) is 0 Å². The zero-order chi connectivity index (χ0) is 12.7. The normalized spacial score (nSPS) is 10.4. The van der Waals surface area contributed by atoms with Crippen LogP contribution in [-0.2, 0) is 9.39 Å². The number of methoxy groups -OCH3 is 1. The third kappa shape index (κ3) is 4.04. The van der Waals surface area contributed by atoms with Crippen molar-refractivity contribution in [2.24, 2.45) is 0 Å². The van der Waals surface area contributed by atoms with Gasteiger partial charge in [0.1, 0.15) is 0 Å². The Balaban J connectivity index is 2.70. The quantitative estimate of drug-likeness (QED) is 0.701. The van der Waals surface area contributed by atoms with E-state index in [1.165, 1.54) is 7.11 Å². The number of rotatable bonds is 7. The lowest BCUT2D eigenvalue weighted by Crippen LogP contribution is -2.33. The molecule has 0 spiro atoms. The van der Waals surface area contributed by atoms with Crippen molar-refractivity contribution in [1.82, 2.24) is 0 Å². The smallest absolute Gasteiger partial charge is 0.423 e. The van der Waals surface area contributed by atoms with Gasteiger partial charge in [0.25, 0.3) is 0 Å². The van der Waals surface area contributed by atoms with Crippen molar-refractivity contribution in [2.45, 2.75) is 6.92 Å². The van der Waals surface area contributed by atoms with E-state index in [1.54, 1.807) is 7.11 Å². The number of anilines is 1. The summed E-state index contributed by atoms with van der Waals surface area (Å²) in [6.07, 6.45) is 0. The first-order valence-electron chi connectivity index (χ1n) is 5.77. The Labute approximate surface area is 103 Å². The summed E-state index contributed by atoms with van der Waals surface area (Å²) in [5, 5.41) is 9.50. The Morgan fingerprint density at radius 1 is 1.24 bits per heavy atom. The molecular weight excluding hydrogens is 217 g/mol. The molecule has 0 bridgehead atoms. The molecule has 1 aromatic carbocycles. The van der Waals surface area contributed by atoms with Gasteiger partial charge in [-0.1, -0.05) is 12.1 Å². The molecule has 0 aliphatic carbocycles. The highest BCUT2D eigenvalue weighted by Crippen LogP contribution is 2.11. The number of hydrogen-bond donors (Lipinski definition) is 1. The topological polar surface area (TPSA) is 41.9 Å². The molecule has 0 amide bonds. The van der Waals surface area contributed by atoms with Crippen LogP contribution in [0.15, 0.2) is 24.3 Å². The fraction of sp³-hybridized carbons (Fsp3) is 0.500. The van der Waals surface area contributed by atoms with Crippen LogP contribution in [0.4, 0.5) is 5.69 Å². The first-order chi connectivity index (χ1) is 8.22. The molecule has 17 heavy (non-hydrogen) atoms. The maximum absolute atomic E-state index is 9.50. The standard InChI is InChI=1S/C12H20BNO3/c1-4-14(9-10-16-2)12-7-5-11(6-8-12)13(15)17-3/h5-8,15H,4,9-10H2,1-3H3. The van der Waals surface area contributed by atoms with Crippen LogP contribution in [0.1, 0.15) is 6.92 Å². The molecule has 0 aliphatic heterocycles. The second kappa shape index (κ2) is 7.32. The van der Waals surface area contributed by atoms with Crippen LogP contribution in [0, 0.1) is 0 Å². The highest BCUT2D eigenvalue weighted by Gasteiger charge is 2.14. The molecule has 0 atom stereocenters. The molecule has 1 aromatic rings. The van der Waals surface area contributed by atoms with E-state index < -0.39 is 7.12 Å². The lowest BCUT2D eigenvalue weighted by molar-refractivity contribution is 0.205. The van der Waals surface area contributed by atoms with E-state index in [4.69, 9.17) is 9.39 Å². The van der Waals surface area contributed by atoms with Gasteiger partial charge in [-0.15, -0.1) is 0 Å². The summed E-state index contributed by atoms with van der Waals surface area (Å²) in [4.78, 5) is 2.21. The van der Waals surface area contributed by atoms with E-state index in [9.17, 15) is 5.02 Å². The van der Waals surface area contributed by atoms with Crippen molar-refractivity contribution in [2.75, 3.05) is 38.8 Å². The van der Waals surface area contributed by atoms with Gasteiger partial charge in [-0.3, -0.25) is 0 Å². The summed E-state index contributed by atoms with van der Waals surface area (Å²) in [6.45, 7) is 4.60. The third-order valence-corrected chi connectivity index (χ3v) is 2.71. The SMILES string of the molecule is CCN(CCOC)c1ccc(B(O)OC)cc1. The Kier molecular flexibility index (Phi) is 6.04. The molecule has 1 N–H and O–H groups in total. The molecule has 0 unspecified atom stereocenters. The minimum absolute atomic E-state index is 0.705. The Morgan fingerprint density at radius 2 is 1.88 bits per heavy atom. The lowest BCUT2D eigenvalue weighted by atomic mass is 9.80. The minimum Gasteiger partial charge on any atom is -0.423 e. The van der Waals surface area contributed by atoms with E-state index in [1.807, 2.05) is 24.3 Å². The predicted molar refractivity (Wildman–Crippen MR) is 70.8 cm³/mol. The van der Waals surface area contributed by atoms with Crippen LogP contribution in [0.3, 0.4) is 0 Å². The molecule has 0 heterocycles. The Hall–Kier alpha value is -1.04. The van der Waals surface area contributed by atoms with Crippen LogP contribution in [0.25, 0.3) is 0 Å². The molecule has 94 valence electrons. The molecule has 5 heteroatoms. The van der Waals surface area contributed by atoms with E-state index in [0.717, 1.165) is 24.2 Å². The highest BCUT2D eigenvalue weighted by atomic mass is 16.5. The Bertz CT molecular complexity index is 318. The molecule has 0 radical (unpaired) electrons. The summed E-state index contributed by atoms with van der Waals surface area (Å²) < 4.78 is 9.92. The van der Waals surface area contributed by atoms with Crippen LogP contribution < -0.4 is 10.4 Å². The number of benzene rings is 1. The highest BCUT2D eigenvalue weighted by molar-refractivity contribution is 6.59. The zero-order valence-corrected chi connectivity index (χ0v) is 10.7. The van der Waals surface area contributed by atoms with Gasteiger partial charge < -0.3 is 19.3 Å². The number of nitrogens with zero attached hydrogens (tertiary/aromatic N) is 1. The van der Waals surface area contributed by atoms with Crippen molar-refractivity contribution >= 4 is 18.3 Å². The second-order valence-electron chi connectivity index (χ2n) is 3.75. The average Bonchev–Trinajstić information content (AvgIpc) is 2.39. The second-order valence-corrected chi connectivity index (χ2v) is 3.75. The lowest BCUT2D eigenvalue weighted by Gasteiger charge is -2.23. The van der Waals surface area contributed by atoms with Crippen molar-refractivity contribution in [1.29, 1.82) is 0 Å². The fourth-order valence-corrected chi connectivity index (χ4v) is 1.66. The molecule has 4 nitrogen and oxygen atoms in total.